The summed E-state index contributed by atoms with van der Waals surface area (Å²) >= 11 is 0. The molecule has 0 bridgehead atoms. The first kappa shape index (κ1) is 12.3. The van der Waals surface area contributed by atoms with Gasteiger partial charge in [0.15, 0.2) is 0 Å². The summed E-state index contributed by atoms with van der Waals surface area (Å²) in [5, 5.41) is 7.27. The van der Waals surface area contributed by atoms with E-state index < -0.39 is 0 Å². The summed E-state index contributed by atoms with van der Waals surface area (Å²) in [6.45, 7) is 6.01. The molecular formula is C13H27N3. The fraction of sp³-hybridized carbons (Fsp3) is 1.00. The molecule has 3 heteroatoms. The van der Waals surface area contributed by atoms with Crippen molar-refractivity contribution in [2.75, 3.05) is 26.7 Å². The molecule has 2 rings (SSSR count). The summed E-state index contributed by atoms with van der Waals surface area (Å²) in [5.74, 6) is 0. The van der Waals surface area contributed by atoms with Gasteiger partial charge in [0, 0.05) is 24.7 Å². The normalized spacial score (nSPS) is 33.4. The van der Waals surface area contributed by atoms with E-state index in [1.807, 2.05) is 0 Å². The molecular weight excluding hydrogens is 198 g/mol. The Kier molecular flexibility index (Phi) is 4.62. The van der Waals surface area contributed by atoms with E-state index in [1.165, 1.54) is 51.7 Å². The lowest BCUT2D eigenvalue weighted by molar-refractivity contribution is 0.288. The molecule has 0 radical (unpaired) electrons. The highest BCUT2D eigenvalue weighted by Crippen LogP contribution is 2.15. The molecule has 2 heterocycles. The zero-order valence-electron chi connectivity index (χ0n) is 10.8. The molecule has 3 unspecified atom stereocenters. The third-order valence-electron chi connectivity index (χ3n) is 4.17. The van der Waals surface area contributed by atoms with Gasteiger partial charge in [-0.15, -0.1) is 0 Å². The number of nitrogens with one attached hydrogen (secondary N) is 2. The minimum Gasteiger partial charge on any atom is -0.314 e. The minimum absolute atomic E-state index is 0.657. The molecule has 3 nitrogen and oxygen atoms in total. The van der Waals surface area contributed by atoms with Crippen LogP contribution in [-0.2, 0) is 0 Å². The second-order valence-corrected chi connectivity index (χ2v) is 5.61. The molecule has 0 amide bonds. The highest BCUT2D eigenvalue weighted by Gasteiger charge is 2.22. The molecule has 2 N–H and O–H groups in total. The molecule has 0 aliphatic carbocycles. The fourth-order valence-corrected chi connectivity index (χ4v) is 3.04. The van der Waals surface area contributed by atoms with Crippen molar-refractivity contribution in [3.05, 3.63) is 0 Å². The Hall–Kier alpha value is -0.120. The first-order valence-corrected chi connectivity index (χ1v) is 6.92. The molecule has 16 heavy (non-hydrogen) atoms. The average Bonchev–Trinajstić information content (AvgIpc) is 2.87. The van der Waals surface area contributed by atoms with E-state index in [1.54, 1.807) is 0 Å². The first-order valence-electron chi connectivity index (χ1n) is 6.92. The van der Waals surface area contributed by atoms with Crippen LogP contribution >= 0.6 is 0 Å². The monoisotopic (exact) mass is 225 g/mol. The van der Waals surface area contributed by atoms with Gasteiger partial charge in [0.2, 0.25) is 0 Å². The maximum atomic E-state index is 3.70. The predicted molar refractivity (Wildman–Crippen MR) is 68.8 cm³/mol. The molecule has 2 fully saturated rings. The van der Waals surface area contributed by atoms with Crippen molar-refractivity contribution in [1.29, 1.82) is 0 Å². The first-order chi connectivity index (χ1) is 7.75. The molecule has 2 saturated heterocycles. The Bertz CT molecular complexity index is 201. The van der Waals surface area contributed by atoms with Crippen LogP contribution in [0.4, 0.5) is 0 Å². The number of nitrogens with zero attached hydrogens (tertiary/aromatic N) is 1. The van der Waals surface area contributed by atoms with Crippen LogP contribution in [0.15, 0.2) is 0 Å². The number of hydrogen-bond acceptors (Lipinski definition) is 3. The van der Waals surface area contributed by atoms with Crippen molar-refractivity contribution < 1.29 is 0 Å². The van der Waals surface area contributed by atoms with Crippen LogP contribution in [-0.4, -0.2) is 49.7 Å². The predicted octanol–water partition coefficient (Wildman–Crippen LogP) is 1.20. The van der Waals surface area contributed by atoms with Gasteiger partial charge in [-0.2, -0.15) is 0 Å². The van der Waals surface area contributed by atoms with Crippen LogP contribution in [0, 0.1) is 0 Å². The van der Waals surface area contributed by atoms with E-state index in [-0.39, 0.29) is 0 Å². The lowest BCUT2D eigenvalue weighted by Gasteiger charge is -2.24. The highest BCUT2D eigenvalue weighted by molar-refractivity contribution is 4.82. The summed E-state index contributed by atoms with van der Waals surface area (Å²) in [5.41, 5.74) is 0. The van der Waals surface area contributed by atoms with Crippen molar-refractivity contribution in [3.63, 3.8) is 0 Å². The Morgan fingerprint density at radius 3 is 2.88 bits per heavy atom. The molecule has 0 aromatic rings. The van der Waals surface area contributed by atoms with Gasteiger partial charge in [-0.1, -0.05) is 0 Å². The average molecular weight is 225 g/mol. The quantitative estimate of drug-likeness (QED) is 0.736. The fourth-order valence-electron chi connectivity index (χ4n) is 3.04. The Morgan fingerprint density at radius 2 is 2.25 bits per heavy atom. The molecule has 2 aliphatic rings. The van der Waals surface area contributed by atoms with Crippen LogP contribution < -0.4 is 10.6 Å². The second kappa shape index (κ2) is 5.99. The zero-order chi connectivity index (χ0) is 11.4. The molecule has 3 atom stereocenters. The molecule has 0 aromatic heterocycles. The van der Waals surface area contributed by atoms with Gasteiger partial charge in [-0.25, -0.2) is 0 Å². The van der Waals surface area contributed by atoms with Crippen LogP contribution in [0.3, 0.4) is 0 Å². The molecule has 0 spiro atoms. The van der Waals surface area contributed by atoms with Gasteiger partial charge in [0.1, 0.15) is 0 Å². The van der Waals surface area contributed by atoms with Crippen molar-refractivity contribution in [3.8, 4) is 0 Å². The summed E-state index contributed by atoms with van der Waals surface area (Å²) in [4.78, 5) is 2.49. The molecule has 0 saturated carbocycles. The molecule has 2 aliphatic heterocycles. The van der Waals surface area contributed by atoms with Gasteiger partial charge < -0.3 is 15.5 Å². The van der Waals surface area contributed by atoms with Crippen molar-refractivity contribution in [2.45, 2.75) is 57.2 Å². The SMILES string of the molecule is CC(CC1CCCN1)NCC1CCCN1C. The summed E-state index contributed by atoms with van der Waals surface area (Å²) < 4.78 is 0. The third-order valence-corrected chi connectivity index (χ3v) is 4.17. The van der Waals surface area contributed by atoms with Crippen molar-refractivity contribution in [1.82, 2.24) is 15.5 Å². The standard InChI is InChI=1S/C13H27N3/c1-11(9-12-5-3-7-14-12)15-10-13-6-4-8-16(13)2/h11-15H,3-10H2,1-2H3. The lowest BCUT2D eigenvalue weighted by Crippen LogP contribution is -2.41. The van der Waals surface area contributed by atoms with Crippen LogP contribution in [0.1, 0.15) is 39.0 Å². The largest absolute Gasteiger partial charge is 0.314 e. The van der Waals surface area contributed by atoms with Crippen molar-refractivity contribution >= 4 is 0 Å². The number of likely N-dealkylation sites (N-methyl/N-ethyl adjacent to an activating group) is 1. The maximum absolute atomic E-state index is 3.70. The third kappa shape index (κ3) is 3.44. The summed E-state index contributed by atoms with van der Waals surface area (Å²) in [6.07, 6.45) is 6.77. The Labute approximate surface area is 100.0 Å². The summed E-state index contributed by atoms with van der Waals surface area (Å²) in [7, 11) is 2.25. The molecule has 94 valence electrons. The minimum atomic E-state index is 0.657. The van der Waals surface area contributed by atoms with Gasteiger partial charge in [0.05, 0.1) is 0 Å². The zero-order valence-corrected chi connectivity index (χ0v) is 10.8. The van der Waals surface area contributed by atoms with Gasteiger partial charge in [0.25, 0.3) is 0 Å². The van der Waals surface area contributed by atoms with Crippen LogP contribution in [0.2, 0.25) is 0 Å². The van der Waals surface area contributed by atoms with Crippen LogP contribution in [0.25, 0.3) is 0 Å². The summed E-state index contributed by atoms with van der Waals surface area (Å²) in [6, 6.07) is 2.20. The van der Waals surface area contributed by atoms with Crippen molar-refractivity contribution in [2.24, 2.45) is 0 Å². The van der Waals surface area contributed by atoms with Gasteiger partial charge in [-0.05, 0) is 59.2 Å². The smallest absolute Gasteiger partial charge is 0.0218 e. The lowest BCUT2D eigenvalue weighted by atomic mass is 10.1. The molecule has 0 aromatic carbocycles. The Morgan fingerprint density at radius 1 is 1.38 bits per heavy atom. The van der Waals surface area contributed by atoms with E-state index in [0.717, 1.165) is 12.1 Å². The van der Waals surface area contributed by atoms with E-state index in [9.17, 15) is 0 Å². The van der Waals surface area contributed by atoms with E-state index in [0.29, 0.717) is 6.04 Å². The van der Waals surface area contributed by atoms with E-state index in [4.69, 9.17) is 0 Å². The topological polar surface area (TPSA) is 27.3 Å². The van der Waals surface area contributed by atoms with Gasteiger partial charge >= 0.3 is 0 Å². The maximum Gasteiger partial charge on any atom is 0.0218 e. The van der Waals surface area contributed by atoms with Gasteiger partial charge in [-0.3, -0.25) is 0 Å². The number of hydrogen-bond donors (Lipinski definition) is 2. The number of likely N-dealkylation sites (tertiary alicyclic amines) is 1. The van der Waals surface area contributed by atoms with E-state index >= 15 is 0 Å². The number of rotatable bonds is 5. The Balaban J connectivity index is 1.61. The van der Waals surface area contributed by atoms with Crippen LogP contribution in [0.5, 0.6) is 0 Å². The second-order valence-electron chi connectivity index (χ2n) is 5.61. The van der Waals surface area contributed by atoms with E-state index in [2.05, 4.69) is 29.5 Å². The highest BCUT2D eigenvalue weighted by atomic mass is 15.2.